The number of rotatable bonds is 5. The molecule has 0 aliphatic carbocycles. The van der Waals surface area contributed by atoms with Gasteiger partial charge in [0.1, 0.15) is 5.52 Å². The molecule has 0 radical (unpaired) electrons. The summed E-state index contributed by atoms with van der Waals surface area (Å²) < 4.78 is 17.4. The molecular weight excluding hydrogens is 306 g/mol. The zero-order chi connectivity index (χ0) is 16.2. The third kappa shape index (κ3) is 3.39. The van der Waals surface area contributed by atoms with E-state index in [1.54, 1.807) is 6.20 Å². The maximum absolute atomic E-state index is 6.05. The molecule has 1 saturated heterocycles. The molecule has 0 unspecified atom stereocenters. The molecule has 0 spiro atoms. The summed E-state index contributed by atoms with van der Waals surface area (Å²) in [6.45, 7) is 1.74. The molecule has 6 nitrogen and oxygen atoms in total. The van der Waals surface area contributed by atoms with Crippen LogP contribution in [-0.4, -0.2) is 35.3 Å². The number of pyridine rings is 1. The predicted octanol–water partition coefficient (Wildman–Crippen LogP) is 3.01. The smallest absolute Gasteiger partial charge is 0.296 e. The van der Waals surface area contributed by atoms with Crippen LogP contribution in [0.2, 0.25) is 0 Å². The average Bonchev–Trinajstić information content (AvgIpc) is 3.04. The minimum atomic E-state index is -0.00414. The lowest BCUT2D eigenvalue weighted by molar-refractivity contribution is -0.0491. The Bertz CT molecular complexity index is 757. The molecule has 0 amide bonds. The van der Waals surface area contributed by atoms with E-state index in [0.717, 1.165) is 23.2 Å². The molecule has 24 heavy (non-hydrogen) atoms. The minimum absolute atomic E-state index is 0.00414. The third-order valence-electron chi connectivity index (χ3n) is 4.07. The molecule has 2 atom stereocenters. The molecule has 4 rings (SSSR count). The van der Waals surface area contributed by atoms with Crippen LogP contribution in [0.4, 0.5) is 6.01 Å². The van der Waals surface area contributed by atoms with Crippen LogP contribution in [0.15, 0.2) is 53.1 Å². The first kappa shape index (κ1) is 15.1. The first-order valence-corrected chi connectivity index (χ1v) is 8.10. The van der Waals surface area contributed by atoms with Crippen LogP contribution in [0.25, 0.3) is 11.1 Å². The number of nitrogens with zero attached hydrogens (tertiary/aromatic N) is 2. The highest BCUT2D eigenvalue weighted by Crippen LogP contribution is 2.22. The molecule has 1 aliphatic rings. The van der Waals surface area contributed by atoms with Gasteiger partial charge >= 0.3 is 0 Å². The molecule has 2 aromatic heterocycles. The average molecular weight is 325 g/mol. The fourth-order valence-corrected chi connectivity index (χ4v) is 2.82. The van der Waals surface area contributed by atoms with Crippen molar-refractivity contribution in [3.63, 3.8) is 0 Å². The lowest BCUT2D eigenvalue weighted by Gasteiger charge is -2.31. The maximum Gasteiger partial charge on any atom is 0.296 e. The molecule has 3 heterocycles. The van der Waals surface area contributed by atoms with Gasteiger partial charge in [-0.1, -0.05) is 18.2 Å². The van der Waals surface area contributed by atoms with Crippen molar-refractivity contribution in [3.8, 4) is 0 Å². The van der Waals surface area contributed by atoms with E-state index < -0.39 is 0 Å². The Labute approximate surface area is 139 Å². The molecule has 1 aliphatic heterocycles. The van der Waals surface area contributed by atoms with Gasteiger partial charge < -0.3 is 19.2 Å². The summed E-state index contributed by atoms with van der Waals surface area (Å²) in [7, 11) is 0. The van der Waals surface area contributed by atoms with E-state index in [0.29, 0.717) is 25.8 Å². The summed E-state index contributed by atoms with van der Waals surface area (Å²) in [5, 5.41) is 3.31. The van der Waals surface area contributed by atoms with Crippen molar-refractivity contribution in [2.45, 2.75) is 25.2 Å². The van der Waals surface area contributed by atoms with Crippen molar-refractivity contribution in [3.05, 3.63) is 54.4 Å². The van der Waals surface area contributed by atoms with E-state index in [9.17, 15) is 0 Å². The molecular formula is C18H19N3O3. The Morgan fingerprint density at radius 2 is 2.08 bits per heavy atom. The van der Waals surface area contributed by atoms with Crippen molar-refractivity contribution >= 4 is 17.1 Å². The Kier molecular flexibility index (Phi) is 4.40. The van der Waals surface area contributed by atoms with E-state index >= 15 is 0 Å². The molecule has 124 valence electrons. The Morgan fingerprint density at radius 1 is 1.17 bits per heavy atom. The number of benzene rings is 1. The van der Waals surface area contributed by atoms with Crippen molar-refractivity contribution in [2.24, 2.45) is 0 Å². The van der Waals surface area contributed by atoms with Gasteiger partial charge in [-0.05, 0) is 30.7 Å². The monoisotopic (exact) mass is 325 g/mol. The Balaban J connectivity index is 1.43. The minimum Gasteiger partial charge on any atom is -0.424 e. The second-order valence-corrected chi connectivity index (χ2v) is 5.77. The summed E-state index contributed by atoms with van der Waals surface area (Å²) in [6, 6.07) is 14.0. The normalized spacial score (nSPS) is 21.0. The van der Waals surface area contributed by atoms with Crippen LogP contribution in [-0.2, 0) is 16.1 Å². The standard InChI is InChI=1S/C18H19N3O3/c1-2-7-17-14(6-1)20-18(24-17)21-15-12-22-10-8-16(15)23-11-13-5-3-4-9-19-13/h1-7,9,15-16H,8,10-12H2,(H,20,21)/t15-,16-/m1/s1. The number of aromatic nitrogens is 2. The Hall–Kier alpha value is -2.44. The van der Waals surface area contributed by atoms with Gasteiger partial charge in [-0.2, -0.15) is 4.98 Å². The number of ether oxygens (including phenoxy) is 2. The fraction of sp³-hybridized carbons (Fsp3) is 0.333. The van der Waals surface area contributed by atoms with Crippen molar-refractivity contribution in [1.29, 1.82) is 0 Å². The molecule has 3 aromatic rings. The first-order chi connectivity index (χ1) is 11.9. The fourth-order valence-electron chi connectivity index (χ4n) is 2.82. The predicted molar refractivity (Wildman–Crippen MR) is 89.7 cm³/mol. The van der Waals surface area contributed by atoms with Gasteiger partial charge in [0.05, 0.1) is 31.1 Å². The number of fused-ring (bicyclic) bond motifs is 1. The molecule has 1 N–H and O–H groups in total. The highest BCUT2D eigenvalue weighted by Gasteiger charge is 2.28. The first-order valence-electron chi connectivity index (χ1n) is 8.10. The molecule has 0 saturated carbocycles. The van der Waals surface area contributed by atoms with Gasteiger partial charge in [0, 0.05) is 12.8 Å². The number of hydrogen-bond acceptors (Lipinski definition) is 6. The summed E-state index contributed by atoms with van der Waals surface area (Å²) in [5.41, 5.74) is 2.52. The van der Waals surface area contributed by atoms with Gasteiger partial charge in [0.25, 0.3) is 6.01 Å². The second-order valence-electron chi connectivity index (χ2n) is 5.77. The summed E-state index contributed by atoms with van der Waals surface area (Å²) in [6.07, 6.45) is 2.62. The third-order valence-corrected chi connectivity index (χ3v) is 4.07. The van der Waals surface area contributed by atoms with Crippen LogP contribution in [0.1, 0.15) is 12.1 Å². The largest absolute Gasteiger partial charge is 0.424 e. The number of hydrogen-bond donors (Lipinski definition) is 1. The van der Waals surface area contributed by atoms with E-state index in [1.165, 1.54) is 0 Å². The molecule has 1 aromatic carbocycles. The van der Waals surface area contributed by atoms with Gasteiger partial charge in [-0.15, -0.1) is 0 Å². The van der Waals surface area contributed by atoms with Gasteiger partial charge in [0.2, 0.25) is 0 Å². The maximum atomic E-state index is 6.05. The molecule has 6 heteroatoms. The van der Waals surface area contributed by atoms with Gasteiger partial charge in [0.15, 0.2) is 5.58 Å². The summed E-state index contributed by atoms with van der Waals surface area (Å²) in [4.78, 5) is 8.75. The van der Waals surface area contributed by atoms with E-state index in [4.69, 9.17) is 13.9 Å². The van der Waals surface area contributed by atoms with Gasteiger partial charge in [-0.25, -0.2) is 0 Å². The molecule has 1 fully saturated rings. The molecule has 0 bridgehead atoms. The second kappa shape index (κ2) is 6.98. The highest BCUT2D eigenvalue weighted by molar-refractivity contribution is 5.74. The summed E-state index contributed by atoms with van der Waals surface area (Å²) in [5.74, 6) is 0. The van der Waals surface area contributed by atoms with Crippen LogP contribution in [0, 0.1) is 0 Å². The van der Waals surface area contributed by atoms with Crippen LogP contribution < -0.4 is 5.32 Å². The number of nitrogens with one attached hydrogen (secondary N) is 1. The lowest BCUT2D eigenvalue weighted by atomic mass is 10.1. The van der Waals surface area contributed by atoms with Gasteiger partial charge in [-0.3, -0.25) is 4.98 Å². The number of oxazole rings is 1. The van der Waals surface area contributed by atoms with Crippen LogP contribution in [0.3, 0.4) is 0 Å². The highest BCUT2D eigenvalue weighted by atomic mass is 16.5. The van der Waals surface area contributed by atoms with Crippen LogP contribution in [0.5, 0.6) is 0 Å². The van der Waals surface area contributed by atoms with Crippen molar-refractivity contribution in [1.82, 2.24) is 9.97 Å². The number of para-hydroxylation sites is 2. The number of anilines is 1. The van der Waals surface area contributed by atoms with Crippen molar-refractivity contribution < 1.29 is 13.9 Å². The van der Waals surface area contributed by atoms with E-state index in [2.05, 4.69) is 15.3 Å². The lowest BCUT2D eigenvalue weighted by Crippen LogP contribution is -2.44. The zero-order valence-corrected chi connectivity index (χ0v) is 13.2. The topological polar surface area (TPSA) is 69.4 Å². The van der Waals surface area contributed by atoms with Crippen LogP contribution >= 0.6 is 0 Å². The summed E-state index contributed by atoms with van der Waals surface area (Å²) >= 11 is 0. The zero-order valence-electron chi connectivity index (χ0n) is 13.2. The van der Waals surface area contributed by atoms with E-state index in [-0.39, 0.29) is 12.1 Å². The Morgan fingerprint density at radius 3 is 2.96 bits per heavy atom. The quantitative estimate of drug-likeness (QED) is 0.777. The van der Waals surface area contributed by atoms with Crippen molar-refractivity contribution in [2.75, 3.05) is 18.5 Å². The van der Waals surface area contributed by atoms with E-state index in [1.807, 2.05) is 42.5 Å². The SMILES string of the molecule is c1ccc(CO[C@@H]2CCOC[C@H]2Nc2nc3ccccc3o2)nc1.